The van der Waals surface area contributed by atoms with Crippen molar-refractivity contribution >= 4 is 50.7 Å². The summed E-state index contributed by atoms with van der Waals surface area (Å²) in [5, 5.41) is 3.17. The van der Waals surface area contributed by atoms with E-state index in [1.165, 1.54) is 30.1 Å². The second-order valence-corrected chi connectivity index (χ2v) is 11.4. The number of benzene rings is 3. The number of anilines is 1. The monoisotopic (exact) mass is 591 g/mol. The minimum atomic E-state index is -4.20. The molecule has 0 aliphatic carbocycles. The fraction of sp³-hybridized carbons (Fsp3) is 0.259. The number of hydrogen-bond acceptors (Lipinski definition) is 6. The highest BCUT2D eigenvalue weighted by Gasteiger charge is 2.33. The summed E-state index contributed by atoms with van der Waals surface area (Å²) in [6, 6.07) is 16.4. The van der Waals surface area contributed by atoms with E-state index in [0.717, 1.165) is 4.31 Å². The van der Waals surface area contributed by atoms with Gasteiger partial charge in [0.25, 0.3) is 10.0 Å². The molecule has 0 saturated carbocycles. The topological polar surface area (TPSA) is 105 Å². The zero-order chi connectivity index (χ0) is 28.2. The fourth-order valence-corrected chi connectivity index (χ4v) is 5.81. The maximum Gasteiger partial charge on any atom is 0.264 e. The van der Waals surface area contributed by atoms with Crippen LogP contribution in [0.2, 0.25) is 10.0 Å². The summed E-state index contributed by atoms with van der Waals surface area (Å²) >= 11 is 12.2. The Morgan fingerprint density at radius 2 is 1.64 bits per heavy atom. The van der Waals surface area contributed by atoms with Crippen molar-refractivity contribution in [1.29, 1.82) is 0 Å². The van der Waals surface area contributed by atoms with Crippen molar-refractivity contribution in [3.63, 3.8) is 0 Å². The van der Waals surface area contributed by atoms with Crippen LogP contribution in [0.1, 0.15) is 12.5 Å². The van der Waals surface area contributed by atoms with E-state index in [-0.39, 0.29) is 17.1 Å². The second-order valence-electron chi connectivity index (χ2n) is 8.71. The summed E-state index contributed by atoms with van der Waals surface area (Å²) in [5.41, 5.74) is 0.823. The Morgan fingerprint density at radius 1 is 0.949 bits per heavy atom. The van der Waals surface area contributed by atoms with E-state index in [2.05, 4.69) is 5.32 Å². The Balaban J connectivity index is 1.74. The van der Waals surface area contributed by atoms with Crippen molar-refractivity contribution in [2.24, 2.45) is 0 Å². The molecule has 1 N–H and O–H groups in total. The molecule has 3 aromatic rings. The number of carbonyl (C=O) groups excluding carboxylic acids is 2. The van der Waals surface area contributed by atoms with Crippen LogP contribution in [0.25, 0.3) is 0 Å². The zero-order valence-electron chi connectivity index (χ0n) is 21.3. The van der Waals surface area contributed by atoms with Gasteiger partial charge in [0.2, 0.25) is 11.8 Å². The molecule has 12 heteroatoms. The molecule has 0 radical (unpaired) electrons. The maximum atomic E-state index is 13.8. The number of sulfonamides is 1. The third-order valence-electron chi connectivity index (χ3n) is 6.17. The molecule has 206 valence electrons. The van der Waals surface area contributed by atoms with Gasteiger partial charge >= 0.3 is 0 Å². The van der Waals surface area contributed by atoms with Crippen molar-refractivity contribution in [3.05, 3.63) is 82.3 Å². The standard InChI is InChI=1S/C27H27Cl2N3O6S/c1-18(27(34)30-2)31(16-19-8-10-22(28)23(29)14-19)26(33)17-32(39(35,36)21-6-4-3-5-7-21)20-9-11-24-25(15-20)38-13-12-37-24/h3-11,14-15,18H,12-13,16-17H2,1-2H3,(H,30,34)/t18-/m0/s1. The molecule has 0 saturated heterocycles. The van der Waals surface area contributed by atoms with Gasteiger partial charge in [0.1, 0.15) is 25.8 Å². The molecular weight excluding hydrogens is 565 g/mol. The molecule has 1 atom stereocenters. The molecule has 0 aromatic heterocycles. The van der Waals surface area contributed by atoms with E-state index < -0.39 is 34.4 Å². The van der Waals surface area contributed by atoms with Crippen LogP contribution in [0.5, 0.6) is 11.5 Å². The van der Waals surface area contributed by atoms with Gasteiger partial charge in [-0.05, 0) is 48.9 Å². The van der Waals surface area contributed by atoms with Crippen molar-refractivity contribution in [3.8, 4) is 11.5 Å². The first-order chi connectivity index (χ1) is 18.6. The van der Waals surface area contributed by atoms with E-state index in [1.54, 1.807) is 55.5 Å². The zero-order valence-corrected chi connectivity index (χ0v) is 23.6. The maximum absolute atomic E-state index is 13.8. The fourth-order valence-electron chi connectivity index (χ4n) is 4.06. The van der Waals surface area contributed by atoms with E-state index >= 15 is 0 Å². The second kappa shape index (κ2) is 12.1. The summed E-state index contributed by atoms with van der Waals surface area (Å²) < 4.78 is 39.9. The van der Waals surface area contributed by atoms with Gasteiger partial charge in [0, 0.05) is 19.7 Å². The highest BCUT2D eigenvalue weighted by atomic mass is 35.5. The molecule has 3 aromatic carbocycles. The summed E-state index contributed by atoms with van der Waals surface area (Å²) in [6.07, 6.45) is 0. The van der Waals surface area contributed by atoms with Crippen molar-refractivity contribution in [2.45, 2.75) is 24.4 Å². The van der Waals surface area contributed by atoms with Crippen LogP contribution in [-0.4, -0.2) is 58.0 Å². The lowest BCUT2D eigenvalue weighted by molar-refractivity contribution is -0.139. The molecule has 0 spiro atoms. The van der Waals surface area contributed by atoms with Crippen molar-refractivity contribution in [1.82, 2.24) is 10.2 Å². The van der Waals surface area contributed by atoms with Gasteiger partial charge in [-0.1, -0.05) is 47.5 Å². The van der Waals surface area contributed by atoms with Crippen LogP contribution < -0.4 is 19.1 Å². The smallest absolute Gasteiger partial charge is 0.264 e. The lowest BCUT2D eigenvalue weighted by Gasteiger charge is -2.32. The van der Waals surface area contributed by atoms with Crippen LogP contribution in [0.3, 0.4) is 0 Å². The lowest BCUT2D eigenvalue weighted by atomic mass is 10.1. The Labute approximate surface area is 237 Å². The molecule has 0 unspecified atom stereocenters. The molecule has 4 rings (SSSR count). The largest absolute Gasteiger partial charge is 0.486 e. The number of carbonyl (C=O) groups is 2. The molecule has 1 heterocycles. The number of ether oxygens (including phenoxy) is 2. The number of likely N-dealkylation sites (N-methyl/N-ethyl adjacent to an activating group) is 1. The van der Waals surface area contributed by atoms with Gasteiger partial charge in [0.05, 0.1) is 20.6 Å². The molecule has 1 aliphatic heterocycles. The number of nitrogens with one attached hydrogen (secondary N) is 1. The molecule has 0 fully saturated rings. The number of fused-ring (bicyclic) bond motifs is 1. The number of halogens is 2. The van der Waals surface area contributed by atoms with Crippen molar-refractivity contribution < 1.29 is 27.5 Å². The van der Waals surface area contributed by atoms with Crippen LogP contribution >= 0.6 is 23.2 Å². The predicted octanol–water partition coefficient (Wildman–Crippen LogP) is 4.12. The number of nitrogens with zero attached hydrogens (tertiary/aromatic N) is 2. The van der Waals surface area contributed by atoms with E-state index in [4.69, 9.17) is 32.7 Å². The average molecular weight is 593 g/mol. The van der Waals surface area contributed by atoms with Crippen molar-refractivity contribution in [2.75, 3.05) is 31.1 Å². The average Bonchev–Trinajstić information content (AvgIpc) is 2.95. The first-order valence-electron chi connectivity index (χ1n) is 12.0. The summed E-state index contributed by atoms with van der Waals surface area (Å²) in [5.74, 6) is -0.180. The number of hydrogen-bond donors (Lipinski definition) is 1. The Hall–Kier alpha value is -3.47. The minimum absolute atomic E-state index is 0.00284. The summed E-state index contributed by atoms with van der Waals surface area (Å²) in [6.45, 7) is 1.65. The van der Waals surface area contributed by atoms with Gasteiger partial charge in [-0.25, -0.2) is 8.42 Å². The third kappa shape index (κ3) is 6.41. The van der Waals surface area contributed by atoms with E-state index in [1.807, 2.05) is 0 Å². The van der Waals surface area contributed by atoms with Gasteiger partial charge in [-0.15, -0.1) is 0 Å². The molecular formula is C27H27Cl2N3O6S. The third-order valence-corrected chi connectivity index (χ3v) is 8.70. The summed E-state index contributed by atoms with van der Waals surface area (Å²) in [7, 11) is -2.74. The molecule has 9 nitrogen and oxygen atoms in total. The lowest BCUT2D eigenvalue weighted by Crippen LogP contribution is -2.50. The molecule has 39 heavy (non-hydrogen) atoms. The highest BCUT2D eigenvalue weighted by Crippen LogP contribution is 2.36. The molecule has 2 amide bonds. The normalized spacial score (nSPS) is 13.3. The summed E-state index contributed by atoms with van der Waals surface area (Å²) in [4.78, 5) is 27.7. The van der Waals surface area contributed by atoms with Crippen LogP contribution in [0.4, 0.5) is 5.69 Å². The first-order valence-corrected chi connectivity index (χ1v) is 14.2. The Morgan fingerprint density at radius 3 is 2.31 bits per heavy atom. The number of rotatable bonds is 9. The Bertz CT molecular complexity index is 1470. The predicted molar refractivity (Wildman–Crippen MR) is 149 cm³/mol. The van der Waals surface area contributed by atoms with E-state index in [0.29, 0.717) is 40.3 Å². The minimum Gasteiger partial charge on any atom is -0.486 e. The Kier molecular flexibility index (Phi) is 8.89. The van der Waals surface area contributed by atoms with Gasteiger partial charge in [-0.3, -0.25) is 13.9 Å². The molecule has 1 aliphatic rings. The van der Waals surface area contributed by atoms with Gasteiger partial charge in [0.15, 0.2) is 11.5 Å². The highest BCUT2D eigenvalue weighted by molar-refractivity contribution is 7.92. The van der Waals surface area contributed by atoms with Crippen LogP contribution in [-0.2, 0) is 26.2 Å². The number of amides is 2. The quantitative estimate of drug-likeness (QED) is 0.401. The van der Waals surface area contributed by atoms with E-state index in [9.17, 15) is 18.0 Å². The SMILES string of the molecule is CNC(=O)[C@H](C)N(Cc1ccc(Cl)c(Cl)c1)C(=O)CN(c1ccc2c(c1)OCCO2)S(=O)(=O)c1ccccc1. The first kappa shape index (κ1) is 28.5. The van der Waals surface area contributed by atoms with Crippen LogP contribution in [0.15, 0.2) is 71.6 Å². The van der Waals surface area contributed by atoms with Gasteiger partial charge < -0.3 is 19.7 Å². The van der Waals surface area contributed by atoms with Crippen LogP contribution in [0, 0.1) is 0 Å². The molecule has 0 bridgehead atoms. The van der Waals surface area contributed by atoms with Gasteiger partial charge in [-0.2, -0.15) is 0 Å².